The van der Waals surface area contributed by atoms with Crippen LogP contribution >= 0.6 is 0 Å². The quantitative estimate of drug-likeness (QED) is 0.855. The van der Waals surface area contributed by atoms with E-state index in [-0.39, 0.29) is 23.3 Å². The molecule has 0 aliphatic carbocycles. The van der Waals surface area contributed by atoms with Crippen LogP contribution in [0.4, 0.5) is 5.69 Å². The molecule has 1 aromatic heterocycles. The number of carbonyl (C=O) groups excluding carboxylic acids is 2. The summed E-state index contributed by atoms with van der Waals surface area (Å²) in [6.07, 6.45) is 4.55. The lowest BCUT2D eigenvalue weighted by atomic mass is 9.94. The smallest absolute Gasteiger partial charge is 0.227 e. The van der Waals surface area contributed by atoms with Gasteiger partial charge in [0.2, 0.25) is 11.8 Å². The van der Waals surface area contributed by atoms with Crippen LogP contribution in [0.1, 0.15) is 26.7 Å². The van der Waals surface area contributed by atoms with Crippen molar-refractivity contribution in [2.24, 2.45) is 13.0 Å². The molecule has 1 unspecified atom stereocenters. The Morgan fingerprint density at radius 2 is 2.22 bits per heavy atom. The van der Waals surface area contributed by atoms with Gasteiger partial charge in [-0.05, 0) is 20.3 Å². The minimum Gasteiger partial charge on any atom is -0.339 e. The van der Waals surface area contributed by atoms with E-state index in [1.807, 2.05) is 18.1 Å². The molecule has 0 spiro atoms. The number of nitrogens with one attached hydrogen (secondary N) is 1. The van der Waals surface area contributed by atoms with E-state index in [0.717, 1.165) is 18.8 Å². The van der Waals surface area contributed by atoms with Crippen LogP contribution in [0.2, 0.25) is 0 Å². The summed E-state index contributed by atoms with van der Waals surface area (Å²) in [5.74, 6) is 0.116. The van der Waals surface area contributed by atoms with E-state index in [1.165, 1.54) is 0 Å². The Morgan fingerprint density at radius 1 is 1.43 bits per heavy atom. The normalized spacial score (nSPS) is 24.8. The summed E-state index contributed by atoms with van der Waals surface area (Å²) in [4.78, 5) is 28.7. The molecule has 23 heavy (non-hydrogen) atoms. The molecule has 0 aromatic carbocycles. The lowest BCUT2D eigenvalue weighted by molar-refractivity contribution is -0.138. The predicted molar refractivity (Wildman–Crippen MR) is 86.9 cm³/mol. The van der Waals surface area contributed by atoms with E-state index in [4.69, 9.17) is 0 Å². The van der Waals surface area contributed by atoms with Crippen molar-refractivity contribution >= 4 is 17.5 Å². The number of aryl methyl sites for hydroxylation is 1. The molecule has 3 rings (SSSR count). The van der Waals surface area contributed by atoms with Crippen molar-refractivity contribution in [3.8, 4) is 0 Å². The van der Waals surface area contributed by atoms with Crippen molar-refractivity contribution in [1.82, 2.24) is 20.0 Å². The molecule has 1 aromatic rings. The minimum absolute atomic E-state index is 0.0541. The van der Waals surface area contributed by atoms with Crippen molar-refractivity contribution in [3.05, 3.63) is 12.4 Å². The number of hydrogen-bond acceptors (Lipinski definition) is 4. The van der Waals surface area contributed by atoms with Crippen LogP contribution in [0.3, 0.4) is 0 Å². The summed E-state index contributed by atoms with van der Waals surface area (Å²) < 4.78 is 1.67. The largest absolute Gasteiger partial charge is 0.339 e. The molecular formula is C16H25N5O2. The number of hydrogen-bond donors (Lipinski definition) is 1. The second kappa shape index (κ2) is 5.96. The van der Waals surface area contributed by atoms with E-state index in [1.54, 1.807) is 15.8 Å². The van der Waals surface area contributed by atoms with Gasteiger partial charge in [-0.2, -0.15) is 5.10 Å². The van der Waals surface area contributed by atoms with E-state index in [9.17, 15) is 9.59 Å². The van der Waals surface area contributed by atoms with Crippen molar-refractivity contribution in [3.63, 3.8) is 0 Å². The third-order valence-corrected chi connectivity index (χ3v) is 4.65. The molecule has 2 aliphatic rings. The number of piperidine rings is 1. The first-order valence-corrected chi connectivity index (χ1v) is 8.18. The molecule has 126 valence electrons. The molecule has 0 radical (unpaired) electrons. The van der Waals surface area contributed by atoms with Crippen LogP contribution in [0, 0.1) is 5.92 Å². The molecule has 2 amide bonds. The van der Waals surface area contributed by atoms with Crippen LogP contribution < -0.4 is 10.2 Å². The fourth-order valence-electron chi connectivity index (χ4n) is 3.43. The van der Waals surface area contributed by atoms with Crippen molar-refractivity contribution in [2.75, 3.05) is 31.1 Å². The van der Waals surface area contributed by atoms with Crippen LogP contribution in [0.15, 0.2) is 12.4 Å². The van der Waals surface area contributed by atoms with Gasteiger partial charge in [-0.25, -0.2) is 0 Å². The number of aromatic nitrogens is 2. The van der Waals surface area contributed by atoms with Gasteiger partial charge in [0.05, 0.1) is 17.8 Å². The highest BCUT2D eigenvalue weighted by Gasteiger charge is 2.36. The maximum Gasteiger partial charge on any atom is 0.227 e. The standard InChI is InChI=1S/C16H25N5O2/c1-16(2)11-20(7-6-17-16)15(23)12-4-5-14(22)21(9-12)13-8-18-19(3)10-13/h8,10,12,17H,4-7,9,11H2,1-3H3. The van der Waals surface area contributed by atoms with Gasteiger partial charge < -0.3 is 15.1 Å². The molecule has 0 bridgehead atoms. The summed E-state index contributed by atoms with van der Waals surface area (Å²) in [6, 6.07) is 0. The van der Waals surface area contributed by atoms with E-state index in [0.29, 0.717) is 25.9 Å². The van der Waals surface area contributed by atoms with Gasteiger partial charge in [-0.1, -0.05) is 0 Å². The number of anilines is 1. The summed E-state index contributed by atoms with van der Waals surface area (Å²) >= 11 is 0. The van der Waals surface area contributed by atoms with E-state index >= 15 is 0 Å². The van der Waals surface area contributed by atoms with Gasteiger partial charge >= 0.3 is 0 Å². The Hall–Kier alpha value is -1.89. The Bertz CT molecular complexity index is 609. The molecule has 7 heteroatoms. The number of carbonyl (C=O) groups is 2. The molecule has 7 nitrogen and oxygen atoms in total. The molecule has 0 saturated carbocycles. The van der Waals surface area contributed by atoms with Crippen molar-refractivity contribution in [2.45, 2.75) is 32.2 Å². The zero-order valence-electron chi connectivity index (χ0n) is 14.1. The second-order valence-electron chi connectivity index (χ2n) is 7.18. The average Bonchev–Trinajstić information content (AvgIpc) is 2.92. The SMILES string of the molecule is Cn1cc(N2CC(C(=O)N3CCNC(C)(C)C3)CCC2=O)cn1. The van der Waals surface area contributed by atoms with Crippen LogP contribution in [-0.2, 0) is 16.6 Å². The highest BCUT2D eigenvalue weighted by Crippen LogP contribution is 2.26. The first-order chi connectivity index (χ1) is 10.9. The van der Waals surface area contributed by atoms with Gasteiger partial charge in [0.1, 0.15) is 0 Å². The van der Waals surface area contributed by atoms with Gasteiger partial charge in [0.15, 0.2) is 0 Å². The first kappa shape index (κ1) is 16.0. The highest BCUT2D eigenvalue weighted by molar-refractivity contribution is 5.96. The fourth-order valence-corrected chi connectivity index (χ4v) is 3.43. The molecule has 2 saturated heterocycles. The zero-order chi connectivity index (χ0) is 16.6. The zero-order valence-corrected chi connectivity index (χ0v) is 14.1. The molecule has 1 N–H and O–H groups in total. The number of piperazine rings is 1. The number of rotatable bonds is 2. The van der Waals surface area contributed by atoms with E-state index < -0.39 is 0 Å². The molecular weight excluding hydrogens is 294 g/mol. The maximum atomic E-state index is 12.9. The maximum absolute atomic E-state index is 12.9. The fraction of sp³-hybridized carbons (Fsp3) is 0.688. The Kier molecular flexibility index (Phi) is 4.14. The van der Waals surface area contributed by atoms with Gasteiger partial charge in [-0.15, -0.1) is 0 Å². The average molecular weight is 319 g/mol. The van der Waals surface area contributed by atoms with Crippen LogP contribution in [0.25, 0.3) is 0 Å². The Balaban J connectivity index is 1.70. The summed E-state index contributed by atoms with van der Waals surface area (Å²) in [7, 11) is 1.82. The summed E-state index contributed by atoms with van der Waals surface area (Å²) in [5.41, 5.74) is 0.720. The predicted octanol–water partition coefficient (Wildman–Crippen LogP) is 0.374. The van der Waals surface area contributed by atoms with Crippen LogP contribution in [-0.4, -0.2) is 58.2 Å². The Morgan fingerprint density at radius 3 is 2.87 bits per heavy atom. The molecule has 3 heterocycles. The second-order valence-corrected chi connectivity index (χ2v) is 7.18. The Labute approximate surface area is 136 Å². The highest BCUT2D eigenvalue weighted by atomic mass is 16.2. The molecule has 2 aliphatic heterocycles. The van der Waals surface area contributed by atoms with Gasteiger partial charge in [-0.3, -0.25) is 14.3 Å². The summed E-state index contributed by atoms with van der Waals surface area (Å²) in [5, 5.41) is 7.55. The summed E-state index contributed by atoms with van der Waals surface area (Å²) in [6.45, 7) is 6.94. The first-order valence-electron chi connectivity index (χ1n) is 8.18. The van der Waals surface area contributed by atoms with Crippen molar-refractivity contribution in [1.29, 1.82) is 0 Å². The topological polar surface area (TPSA) is 70.5 Å². The molecule has 2 fully saturated rings. The third kappa shape index (κ3) is 3.39. The van der Waals surface area contributed by atoms with Crippen molar-refractivity contribution < 1.29 is 9.59 Å². The third-order valence-electron chi connectivity index (χ3n) is 4.65. The van der Waals surface area contributed by atoms with Gasteiger partial charge in [0, 0.05) is 51.4 Å². The number of amides is 2. The number of nitrogens with zero attached hydrogens (tertiary/aromatic N) is 4. The lowest BCUT2D eigenvalue weighted by Crippen LogP contribution is -2.60. The van der Waals surface area contributed by atoms with E-state index in [2.05, 4.69) is 24.3 Å². The molecule has 1 atom stereocenters. The lowest BCUT2D eigenvalue weighted by Gasteiger charge is -2.41. The minimum atomic E-state index is -0.123. The van der Waals surface area contributed by atoms with Crippen LogP contribution in [0.5, 0.6) is 0 Å². The van der Waals surface area contributed by atoms with Gasteiger partial charge in [0.25, 0.3) is 0 Å². The monoisotopic (exact) mass is 319 g/mol.